The van der Waals surface area contributed by atoms with Gasteiger partial charge in [-0.25, -0.2) is 0 Å². The Kier molecular flexibility index (Phi) is 9.49. The van der Waals surface area contributed by atoms with Crippen LogP contribution in [0.3, 0.4) is 0 Å². The molecule has 3 aromatic rings. The monoisotopic (exact) mass is 500 g/mol. The molecule has 0 radical (unpaired) electrons. The van der Waals surface area contributed by atoms with Crippen molar-refractivity contribution in [1.29, 1.82) is 0 Å². The van der Waals surface area contributed by atoms with Crippen LogP contribution in [0.1, 0.15) is 39.0 Å². The van der Waals surface area contributed by atoms with Crippen LogP contribution in [-0.4, -0.2) is 15.0 Å². The zero-order valence-corrected chi connectivity index (χ0v) is 20.5. The van der Waals surface area contributed by atoms with Gasteiger partial charge in [-0.1, -0.05) is 0 Å². The van der Waals surface area contributed by atoms with Gasteiger partial charge in [0.15, 0.2) is 0 Å². The van der Waals surface area contributed by atoms with Crippen molar-refractivity contribution in [3.05, 3.63) is 101 Å². The molecule has 3 aromatic carbocycles. The summed E-state index contributed by atoms with van der Waals surface area (Å²) in [7, 11) is -3.56. The fraction of sp³-hybridized carbons (Fsp3) is 0.231. The Morgan fingerprint density at radius 1 is 0.774 bits per heavy atom. The second-order valence-corrected chi connectivity index (χ2v) is 11.4. The van der Waals surface area contributed by atoms with Crippen LogP contribution in [0.15, 0.2) is 101 Å². The quantitative estimate of drug-likeness (QED) is 0.150. The second-order valence-electron chi connectivity index (χ2n) is 7.17. The van der Waals surface area contributed by atoms with E-state index in [0.29, 0.717) is 11.5 Å². The van der Waals surface area contributed by atoms with E-state index in [0.717, 1.165) is 17.3 Å². The first-order valence-corrected chi connectivity index (χ1v) is 14.0. The molecular weight excluding hydrogens is 470 g/mol. The van der Waals surface area contributed by atoms with Crippen molar-refractivity contribution in [2.75, 3.05) is 0 Å². The topological polar surface area (TPSA) is 35.5 Å². The van der Waals surface area contributed by atoms with E-state index >= 15 is 0 Å². The fourth-order valence-electron chi connectivity index (χ4n) is 3.01. The van der Waals surface area contributed by atoms with Gasteiger partial charge in [-0.2, -0.15) is 0 Å². The van der Waals surface area contributed by atoms with Crippen molar-refractivity contribution in [1.82, 2.24) is 0 Å². The van der Waals surface area contributed by atoms with Gasteiger partial charge >= 0.3 is 192 Å². The standard InChI is InChI=1S/C26H29O3PSe/c1-2-3-4-12-21-26(31-25-19-13-7-14-20-25)22-30(27,28-23-15-8-5-9-16-23)29-24-17-10-6-11-18-24/h5-11,13-20,22H,2-4,12,21H2,1H3. The first-order valence-electron chi connectivity index (χ1n) is 10.7. The summed E-state index contributed by atoms with van der Waals surface area (Å²) >= 11 is 0.0588. The Morgan fingerprint density at radius 3 is 1.81 bits per heavy atom. The predicted octanol–water partition coefficient (Wildman–Crippen LogP) is 7.18. The average molecular weight is 499 g/mol. The van der Waals surface area contributed by atoms with Gasteiger partial charge in [-0.15, -0.1) is 0 Å². The minimum atomic E-state index is -3.56. The van der Waals surface area contributed by atoms with E-state index in [1.54, 1.807) is 30.1 Å². The summed E-state index contributed by atoms with van der Waals surface area (Å²) in [5.74, 6) is 2.84. The van der Waals surface area contributed by atoms with Gasteiger partial charge in [0.05, 0.1) is 0 Å². The van der Waals surface area contributed by atoms with Gasteiger partial charge in [0.25, 0.3) is 0 Å². The first kappa shape index (κ1) is 23.4. The van der Waals surface area contributed by atoms with Gasteiger partial charge in [0.2, 0.25) is 0 Å². The van der Waals surface area contributed by atoms with Gasteiger partial charge in [0.1, 0.15) is 0 Å². The predicted molar refractivity (Wildman–Crippen MR) is 130 cm³/mol. The van der Waals surface area contributed by atoms with Gasteiger partial charge in [-0.3, -0.25) is 0 Å². The number of hydrogen-bond donors (Lipinski definition) is 0. The number of rotatable bonds is 12. The SMILES string of the molecule is CCCCCCC(=CP(=O)(Oc1ccccc1)Oc1ccccc1)[Se]c1ccccc1. The van der Waals surface area contributed by atoms with Crippen LogP contribution in [0.4, 0.5) is 0 Å². The number of allylic oxidation sites excluding steroid dienone is 1. The molecule has 0 aliphatic heterocycles. The average Bonchev–Trinajstić information content (AvgIpc) is 2.78. The number of benzene rings is 3. The van der Waals surface area contributed by atoms with Crippen molar-refractivity contribution in [3.8, 4) is 11.5 Å². The zero-order chi connectivity index (χ0) is 21.8. The van der Waals surface area contributed by atoms with Crippen molar-refractivity contribution in [2.24, 2.45) is 0 Å². The van der Waals surface area contributed by atoms with Crippen LogP contribution in [0.5, 0.6) is 11.5 Å². The maximum absolute atomic E-state index is 13.9. The molecule has 0 aliphatic carbocycles. The Labute approximate surface area is 192 Å². The normalized spacial score (nSPS) is 11.8. The molecule has 31 heavy (non-hydrogen) atoms. The minimum absolute atomic E-state index is 0.0588. The molecule has 0 aliphatic rings. The summed E-state index contributed by atoms with van der Waals surface area (Å²) < 4.78 is 28.3. The molecule has 0 spiro atoms. The van der Waals surface area contributed by atoms with Crippen LogP contribution in [0.2, 0.25) is 0 Å². The Hall–Kier alpha value is -2.25. The molecule has 0 N–H and O–H groups in total. The molecule has 0 atom stereocenters. The van der Waals surface area contributed by atoms with Crippen molar-refractivity contribution in [3.63, 3.8) is 0 Å². The summed E-state index contributed by atoms with van der Waals surface area (Å²) in [5, 5.41) is 0. The van der Waals surface area contributed by atoms with E-state index in [-0.39, 0.29) is 15.0 Å². The van der Waals surface area contributed by atoms with E-state index in [9.17, 15) is 4.57 Å². The molecule has 5 heteroatoms. The van der Waals surface area contributed by atoms with E-state index in [4.69, 9.17) is 9.05 Å². The summed E-state index contributed by atoms with van der Waals surface area (Å²) in [4.78, 5) is 0. The van der Waals surface area contributed by atoms with E-state index in [2.05, 4.69) is 19.1 Å². The molecule has 162 valence electrons. The summed E-state index contributed by atoms with van der Waals surface area (Å²) in [6.07, 6.45) is 5.54. The molecule has 0 amide bonds. The van der Waals surface area contributed by atoms with Crippen LogP contribution in [-0.2, 0) is 4.57 Å². The van der Waals surface area contributed by atoms with Crippen molar-refractivity contribution in [2.45, 2.75) is 39.0 Å². The molecule has 0 fully saturated rings. The second kappa shape index (κ2) is 12.6. The molecule has 3 rings (SSSR count). The number of hydrogen-bond acceptors (Lipinski definition) is 3. The molecule has 0 bridgehead atoms. The zero-order valence-electron chi connectivity index (χ0n) is 17.9. The first-order chi connectivity index (χ1) is 15.2. The summed E-state index contributed by atoms with van der Waals surface area (Å²) in [5.41, 5.74) is 0. The van der Waals surface area contributed by atoms with E-state index in [1.165, 1.54) is 23.7 Å². The molecule has 0 saturated heterocycles. The molecule has 3 nitrogen and oxygen atoms in total. The Balaban J connectivity index is 1.89. The van der Waals surface area contributed by atoms with Crippen LogP contribution >= 0.6 is 7.60 Å². The third kappa shape index (κ3) is 8.42. The Bertz CT molecular complexity index is 930. The maximum atomic E-state index is 13.9. The fourth-order valence-corrected chi connectivity index (χ4v) is 7.43. The van der Waals surface area contributed by atoms with Gasteiger partial charge < -0.3 is 0 Å². The van der Waals surface area contributed by atoms with E-state index in [1.807, 2.05) is 54.6 Å². The summed E-state index contributed by atoms with van der Waals surface area (Å²) in [6.45, 7) is 2.21. The molecule has 0 heterocycles. The Morgan fingerprint density at radius 2 is 1.29 bits per heavy atom. The van der Waals surface area contributed by atoms with Gasteiger partial charge in [0, 0.05) is 0 Å². The van der Waals surface area contributed by atoms with Crippen LogP contribution in [0, 0.1) is 0 Å². The molecule has 0 unspecified atom stereocenters. The third-order valence-corrected chi connectivity index (χ3v) is 8.76. The molecule has 0 aromatic heterocycles. The van der Waals surface area contributed by atoms with Crippen molar-refractivity contribution >= 4 is 27.0 Å². The van der Waals surface area contributed by atoms with E-state index < -0.39 is 7.60 Å². The number of para-hydroxylation sites is 2. The van der Waals surface area contributed by atoms with Crippen LogP contribution in [0.25, 0.3) is 0 Å². The number of unbranched alkanes of at least 4 members (excludes halogenated alkanes) is 3. The summed E-state index contributed by atoms with van der Waals surface area (Å²) in [6, 6.07) is 28.9. The van der Waals surface area contributed by atoms with Gasteiger partial charge in [-0.05, 0) is 0 Å². The molecular formula is C26H29O3PSe. The van der Waals surface area contributed by atoms with Crippen molar-refractivity contribution < 1.29 is 13.6 Å². The third-order valence-electron chi connectivity index (χ3n) is 4.52. The molecule has 0 saturated carbocycles. The van der Waals surface area contributed by atoms with Crippen LogP contribution < -0.4 is 13.5 Å².